The summed E-state index contributed by atoms with van der Waals surface area (Å²) >= 11 is 0. The number of amides is 1. The highest BCUT2D eigenvalue weighted by atomic mass is 32.2. The summed E-state index contributed by atoms with van der Waals surface area (Å²) in [6.07, 6.45) is -1.07. The van der Waals surface area contributed by atoms with Gasteiger partial charge in [-0.15, -0.1) is 0 Å². The zero-order valence-electron chi connectivity index (χ0n) is 28.7. The molecule has 1 aliphatic carbocycles. The van der Waals surface area contributed by atoms with E-state index in [0.717, 1.165) is 38.0 Å². The van der Waals surface area contributed by atoms with Gasteiger partial charge in [0.15, 0.2) is 0 Å². The number of nitrogens with one attached hydrogen (secondary N) is 1. The van der Waals surface area contributed by atoms with Crippen molar-refractivity contribution in [1.82, 2.24) is 24.2 Å². The van der Waals surface area contributed by atoms with E-state index < -0.39 is 33.6 Å². The molecule has 0 bridgehead atoms. The molecule has 6 rings (SSSR count). The van der Waals surface area contributed by atoms with Crippen molar-refractivity contribution >= 4 is 16.1 Å². The molecule has 2 aromatic heterocycles. The van der Waals surface area contributed by atoms with E-state index in [0.29, 0.717) is 48.2 Å². The van der Waals surface area contributed by atoms with Gasteiger partial charge in [-0.05, 0) is 136 Å². The van der Waals surface area contributed by atoms with Gasteiger partial charge in [0.2, 0.25) is 0 Å². The van der Waals surface area contributed by atoms with E-state index in [9.17, 15) is 41.0 Å². The van der Waals surface area contributed by atoms with Crippen molar-refractivity contribution < 1.29 is 30.9 Å². The lowest BCUT2D eigenvalue weighted by Gasteiger charge is -2.31. The molecular weight excluding hydrogens is 698 g/mol. The van der Waals surface area contributed by atoms with Crippen LogP contribution in [-0.4, -0.2) is 44.0 Å². The lowest BCUT2D eigenvalue weighted by molar-refractivity contribution is -0.137. The first-order valence-corrected chi connectivity index (χ1v) is 17.9. The summed E-state index contributed by atoms with van der Waals surface area (Å²) in [5.41, 5.74) is 2.61. The van der Waals surface area contributed by atoms with E-state index in [1.165, 1.54) is 36.0 Å². The predicted molar refractivity (Wildman–Crippen MR) is 186 cm³/mol. The van der Waals surface area contributed by atoms with Crippen molar-refractivity contribution in [2.24, 2.45) is 0 Å². The predicted octanol–water partition coefficient (Wildman–Crippen LogP) is 7.15. The molecule has 0 radical (unpaired) electrons. The van der Waals surface area contributed by atoms with Gasteiger partial charge < -0.3 is 5.32 Å². The molecule has 15 heteroatoms. The third-order valence-corrected chi connectivity index (χ3v) is 11.0. The number of carbonyl (C=O) groups is 1. The Kier molecular flexibility index (Phi) is 9.49. The molecule has 52 heavy (non-hydrogen) atoms. The molecule has 1 saturated carbocycles. The summed E-state index contributed by atoms with van der Waals surface area (Å²) in [6, 6.07) is 14.7. The van der Waals surface area contributed by atoms with Crippen LogP contribution in [-0.2, 0) is 16.3 Å². The third-order valence-electron chi connectivity index (χ3n) is 10.0. The van der Waals surface area contributed by atoms with Gasteiger partial charge in [-0.25, -0.2) is 18.8 Å². The summed E-state index contributed by atoms with van der Waals surface area (Å²) in [6.45, 7) is 6.91. The van der Waals surface area contributed by atoms with E-state index >= 15 is 0 Å². The fourth-order valence-electron chi connectivity index (χ4n) is 7.11. The number of hydrogen-bond donors (Lipinski definition) is 2. The van der Waals surface area contributed by atoms with E-state index in [1.54, 1.807) is 37.3 Å². The highest BCUT2D eigenvalue weighted by Gasteiger charge is 2.33. The number of rotatable bonds is 6. The molecule has 0 unspecified atom stereocenters. The molecule has 5 aromatic rings. The van der Waals surface area contributed by atoms with Gasteiger partial charge in [-0.2, -0.15) is 31.9 Å². The van der Waals surface area contributed by atoms with E-state index in [1.807, 2.05) is 19.9 Å². The van der Waals surface area contributed by atoms with Gasteiger partial charge in [0, 0.05) is 6.04 Å². The molecule has 1 aliphatic rings. The average Bonchev–Trinajstić information content (AvgIpc) is 3.68. The van der Waals surface area contributed by atoms with Crippen LogP contribution in [0.15, 0.2) is 76.6 Å². The topological polar surface area (TPSA) is 152 Å². The average molecular weight is 733 g/mol. The Morgan fingerprint density at radius 2 is 1.62 bits per heavy atom. The minimum absolute atomic E-state index is 0.0442. The molecule has 1 amide bonds. The Hall–Kier alpha value is -5.46. The van der Waals surface area contributed by atoms with Gasteiger partial charge in [-0.1, -0.05) is 6.07 Å². The fourth-order valence-corrected chi connectivity index (χ4v) is 7.92. The van der Waals surface area contributed by atoms with Crippen LogP contribution in [0.25, 0.3) is 22.8 Å². The molecule has 270 valence electrons. The number of nitriles is 1. The van der Waals surface area contributed by atoms with Crippen molar-refractivity contribution in [2.45, 2.75) is 76.4 Å². The van der Waals surface area contributed by atoms with E-state index in [-0.39, 0.29) is 33.9 Å². The summed E-state index contributed by atoms with van der Waals surface area (Å²) in [5, 5.41) is 16.6. The van der Waals surface area contributed by atoms with Gasteiger partial charge in [0.05, 0.1) is 51.1 Å². The van der Waals surface area contributed by atoms with Gasteiger partial charge in [-0.3, -0.25) is 9.12 Å². The van der Waals surface area contributed by atoms with Crippen molar-refractivity contribution in [3.8, 4) is 28.8 Å². The number of aromatic nitrogens is 4. The molecule has 2 N–H and O–H groups in total. The quantitative estimate of drug-likeness (QED) is 0.176. The number of nitrogens with zero attached hydrogens (tertiary/aromatic N) is 5. The molecule has 0 aliphatic heterocycles. The first-order valence-electron chi connectivity index (χ1n) is 16.5. The normalized spacial score (nSPS) is 16.4. The number of alkyl halides is 3. The Bertz CT molecular complexity index is 2410. The van der Waals surface area contributed by atoms with Gasteiger partial charge >= 0.3 is 17.9 Å². The second-order valence-corrected chi connectivity index (χ2v) is 14.4. The van der Waals surface area contributed by atoms with Crippen LogP contribution < -0.4 is 11.0 Å². The minimum Gasteiger partial charge on any atom is -0.335 e. The highest BCUT2D eigenvalue weighted by Crippen LogP contribution is 2.38. The van der Waals surface area contributed by atoms with Crippen LogP contribution in [0, 0.1) is 39.0 Å². The largest absolute Gasteiger partial charge is 0.416 e. The second-order valence-electron chi connectivity index (χ2n) is 13.0. The molecule has 3 aromatic carbocycles. The molecule has 2 heterocycles. The van der Waals surface area contributed by atoms with Crippen LogP contribution >= 0.6 is 0 Å². The van der Waals surface area contributed by atoms with Crippen LogP contribution in [0.4, 0.5) is 18.0 Å². The van der Waals surface area contributed by atoms with Crippen LogP contribution in [0.5, 0.6) is 0 Å². The number of imidazole rings is 1. The van der Waals surface area contributed by atoms with Gasteiger partial charge in [0.25, 0.3) is 10.1 Å². The summed E-state index contributed by atoms with van der Waals surface area (Å²) in [4.78, 5) is 28.2. The first-order chi connectivity index (χ1) is 24.5. The maximum absolute atomic E-state index is 14.2. The number of hydrogen-bond acceptors (Lipinski definition) is 6. The number of benzene rings is 3. The Balaban J connectivity index is 1.37. The maximum Gasteiger partial charge on any atom is 0.416 e. The van der Waals surface area contributed by atoms with Crippen molar-refractivity contribution in [1.29, 1.82) is 5.26 Å². The molecular formula is C37H35F3N6O5S. The van der Waals surface area contributed by atoms with E-state index in [4.69, 9.17) is 0 Å². The second kappa shape index (κ2) is 13.6. The summed E-state index contributed by atoms with van der Waals surface area (Å²) in [7, 11) is -4.44. The van der Waals surface area contributed by atoms with Crippen molar-refractivity contribution in [3.05, 3.63) is 116 Å². The van der Waals surface area contributed by atoms with Crippen LogP contribution in [0.2, 0.25) is 0 Å². The zero-order valence-corrected chi connectivity index (χ0v) is 29.5. The Morgan fingerprint density at radius 1 is 0.942 bits per heavy atom. The van der Waals surface area contributed by atoms with Gasteiger partial charge in [0.1, 0.15) is 5.69 Å². The zero-order chi connectivity index (χ0) is 37.7. The van der Waals surface area contributed by atoms with Crippen LogP contribution in [0.1, 0.15) is 70.7 Å². The molecule has 1 fully saturated rings. The summed E-state index contributed by atoms with van der Waals surface area (Å²) < 4.78 is 78.7. The molecule has 11 nitrogen and oxygen atoms in total. The minimum atomic E-state index is -4.67. The SMILES string of the molecule is Cc1c(C2CCC(NC(=O)n3c(-c4ccnn4-c4ccc(C#N)cc4)c(C)n(-c4cccc(C(F)(F)F)c4)c3=O)CC2)cc(S(=O)(=O)O)c(C)c1C. The third kappa shape index (κ3) is 6.67. The lowest BCUT2D eigenvalue weighted by atomic mass is 9.79. The smallest absolute Gasteiger partial charge is 0.335 e. The Labute approximate surface area is 297 Å². The lowest BCUT2D eigenvalue weighted by Crippen LogP contribution is -2.43. The fraction of sp³-hybridized carbons (Fsp3) is 0.297. The number of carbonyl (C=O) groups excluding carboxylic acids is 1. The molecule has 0 atom stereocenters. The molecule has 0 spiro atoms. The maximum atomic E-state index is 14.2. The standard InChI is InChI=1S/C37H35F3N6O5S/c1-21-22(2)31(19-33(23(21)3)52(49,50)51)26-10-12-28(13-11-26)43-35(47)45-34(32-16-17-42-46(32)29-14-8-25(20-41)9-15-29)24(4)44(36(45)48)30-7-5-6-27(18-30)37(38,39)40/h5-9,14-19,26,28H,10-13H2,1-4H3,(H,43,47)(H,49,50,51). The number of halogens is 3. The molecule has 0 saturated heterocycles. The summed E-state index contributed by atoms with van der Waals surface area (Å²) in [5.74, 6) is -0.0442. The monoisotopic (exact) mass is 732 g/mol. The highest BCUT2D eigenvalue weighted by molar-refractivity contribution is 7.85. The van der Waals surface area contributed by atoms with Crippen molar-refractivity contribution in [2.75, 3.05) is 0 Å². The van der Waals surface area contributed by atoms with Crippen molar-refractivity contribution in [3.63, 3.8) is 0 Å². The van der Waals surface area contributed by atoms with Crippen LogP contribution in [0.3, 0.4) is 0 Å². The first kappa shape index (κ1) is 36.3. The van der Waals surface area contributed by atoms with E-state index in [2.05, 4.69) is 10.4 Å². The Morgan fingerprint density at radius 3 is 2.23 bits per heavy atom.